The Morgan fingerprint density at radius 2 is 1.80 bits per heavy atom. The van der Waals surface area contributed by atoms with E-state index in [2.05, 4.69) is 36.3 Å². The highest BCUT2D eigenvalue weighted by Crippen LogP contribution is 2.29. The summed E-state index contributed by atoms with van der Waals surface area (Å²) in [5.41, 5.74) is 1.76. The number of aromatic amines is 1. The van der Waals surface area contributed by atoms with Crippen LogP contribution in [0.2, 0.25) is 0 Å². The number of aromatic hydroxyl groups is 1. The average molecular weight is 433 g/mol. The number of benzene rings is 2. The summed E-state index contributed by atoms with van der Waals surface area (Å²) in [4.78, 5) is 14.2. The van der Waals surface area contributed by atoms with Gasteiger partial charge in [-0.2, -0.15) is 0 Å². The van der Waals surface area contributed by atoms with Crippen molar-refractivity contribution in [2.24, 2.45) is 0 Å². The highest BCUT2D eigenvalue weighted by atomic mass is 35.5. The molecule has 7 heteroatoms. The lowest BCUT2D eigenvalue weighted by Gasteiger charge is -2.28. The van der Waals surface area contributed by atoms with Crippen molar-refractivity contribution in [3.63, 3.8) is 0 Å². The predicted octanol–water partition coefficient (Wildman–Crippen LogP) is 3.70. The Morgan fingerprint density at radius 1 is 1.10 bits per heavy atom. The largest absolute Gasteiger partial charge is 0.506 e. The van der Waals surface area contributed by atoms with Crippen molar-refractivity contribution in [1.82, 2.24) is 10.3 Å². The van der Waals surface area contributed by atoms with Crippen LogP contribution < -0.4 is 15.6 Å². The monoisotopic (exact) mass is 432 g/mol. The molecule has 0 amide bonds. The molecule has 0 fully saturated rings. The van der Waals surface area contributed by atoms with Gasteiger partial charge in [0.1, 0.15) is 11.5 Å². The normalized spacial score (nSPS) is 12.4. The number of ether oxygens (including phenoxy) is 1. The van der Waals surface area contributed by atoms with Gasteiger partial charge in [0.2, 0.25) is 5.56 Å². The number of pyridine rings is 1. The molecule has 1 aromatic heterocycles. The second-order valence-corrected chi connectivity index (χ2v) is 7.91. The Labute approximate surface area is 182 Å². The number of H-pyrrole nitrogens is 1. The highest BCUT2D eigenvalue weighted by Gasteiger charge is 2.20. The number of aliphatic hydroxyl groups is 1. The van der Waals surface area contributed by atoms with Crippen molar-refractivity contribution in [2.75, 3.05) is 13.7 Å². The summed E-state index contributed by atoms with van der Waals surface area (Å²) in [5.74, 6) is 0.832. The van der Waals surface area contributed by atoms with E-state index in [0.717, 1.165) is 18.6 Å². The van der Waals surface area contributed by atoms with Gasteiger partial charge < -0.3 is 25.3 Å². The van der Waals surface area contributed by atoms with Crippen LogP contribution in [0.1, 0.15) is 37.5 Å². The molecule has 30 heavy (non-hydrogen) atoms. The first kappa shape index (κ1) is 23.7. The van der Waals surface area contributed by atoms with Crippen LogP contribution in [0.4, 0.5) is 0 Å². The van der Waals surface area contributed by atoms with E-state index in [1.165, 1.54) is 17.7 Å². The van der Waals surface area contributed by atoms with Gasteiger partial charge in [0, 0.05) is 23.5 Å². The van der Waals surface area contributed by atoms with Gasteiger partial charge in [-0.15, -0.1) is 12.4 Å². The standard InChI is InChI=1S/C23H28N2O4.ClH/c1-23(2,13-12-15-4-6-16(29-3)7-5-15)24-14-20(27)17-8-10-19(26)22-18(17)9-11-21(28)25-22;/h4-11,20,24,26-27H,12-14H2,1-3H3,(H,25,28);1H. The molecule has 3 aromatic rings. The van der Waals surface area contributed by atoms with Gasteiger partial charge in [-0.3, -0.25) is 4.79 Å². The number of hydrogen-bond donors (Lipinski definition) is 4. The maximum atomic E-state index is 11.6. The molecule has 4 N–H and O–H groups in total. The molecule has 1 unspecified atom stereocenters. The summed E-state index contributed by atoms with van der Waals surface area (Å²) < 4.78 is 5.19. The number of phenols is 1. The first-order valence-electron chi connectivity index (χ1n) is 9.70. The predicted molar refractivity (Wildman–Crippen MR) is 122 cm³/mol. The zero-order chi connectivity index (χ0) is 21.0. The molecule has 0 radical (unpaired) electrons. The van der Waals surface area contributed by atoms with E-state index in [1.807, 2.05) is 12.1 Å². The first-order valence-corrected chi connectivity index (χ1v) is 9.70. The third-order valence-corrected chi connectivity index (χ3v) is 5.24. The summed E-state index contributed by atoms with van der Waals surface area (Å²) in [5, 5.41) is 24.8. The van der Waals surface area contributed by atoms with Gasteiger partial charge in [0.15, 0.2) is 0 Å². The number of aromatic nitrogens is 1. The Morgan fingerprint density at radius 3 is 2.47 bits per heavy atom. The zero-order valence-electron chi connectivity index (χ0n) is 17.4. The molecule has 3 rings (SSSR count). The number of aliphatic hydroxyl groups excluding tert-OH is 1. The lowest BCUT2D eigenvalue weighted by molar-refractivity contribution is 0.160. The molecule has 1 atom stereocenters. The van der Waals surface area contributed by atoms with Crippen LogP contribution in [0.15, 0.2) is 53.3 Å². The van der Waals surface area contributed by atoms with Crippen LogP contribution in [0.25, 0.3) is 10.9 Å². The first-order chi connectivity index (χ1) is 13.8. The van der Waals surface area contributed by atoms with E-state index in [9.17, 15) is 15.0 Å². The number of aryl methyl sites for hydroxylation is 1. The number of β-amino-alcohol motifs (C(OH)–C–C–N with tert-alkyl or cyclic N) is 1. The molecule has 2 aromatic carbocycles. The fourth-order valence-corrected chi connectivity index (χ4v) is 3.37. The van der Waals surface area contributed by atoms with Crippen LogP contribution in [-0.2, 0) is 6.42 Å². The number of fused-ring (bicyclic) bond motifs is 1. The Kier molecular flexibility index (Phi) is 7.89. The number of rotatable bonds is 8. The SMILES string of the molecule is COc1ccc(CCC(C)(C)NCC(O)c2ccc(O)c3[nH]c(=O)ccc23)cc1.Cl. The highest BCUT2D eigenvalue weighted by molar-refractivity contribution is 5.87. The minimum absolute atomic E-state index is 0. The summed E-state index contributed by atoms with van der Waals surface area (Å²) >= 11 is 0. The van der Waals surface area contributed by atoms with Crippen molar-refractivity contribution >= 4 is 23.3 Å². The third kappa shape index (κ3) is 5.75. The van der Waals surface area contributed by atoms with E-state index in [-0.39, 0.29) is 29.3 Å². The second-order valence-electron chi connectivity index (χ2n) is 7.91. The van der Waals surface area contributed by atoms with E-state index in [4.69, 9.17) is 4.74 Å². The number of halogens is 1. The lowest BCUT2D eigenvalue weighted by Crippen LogP contribution is -2.42. The number of nitrogens with one attached hydrogen (secondary N) is 2. The number of methoxy groups -OCH3 is 1. The van der Waals surface area contributed by atoms with Crippen LogP contribution in [0, 0.1) is 0 Å². The minimum atomic E-state index is -0.774. The smallest absolute Gasteiger partial charge is 0.248 e. The van der Waals surface area contributed by atoms with Crippen molar-refractivity contribution in [3.05, 3.63) is 70.0 Å². The Balaban J connectivity index is 0.00000320. The van der Waals surface area contributed by atoms with Crippen LogP contribution in [0.5, 0.6) is 11.5 Å². The summed E-state index contributed by atoms with van der Waals surface area (Å²) in [7, 11) is 1.66. The molecule has 162 valence electrons. The molecule has 0 aliphatic carbocycles. The third-order valence-electron chi connectivity index (χ3n) is 5.24. The zero-order valence-corrected chi connectivity index (χ0v) is 18.3. The fourth-order valence-electron chi connectivity index (χ4n) is 3.37. The molecule has 0 aliphatic rings. The molecule has 0 aliphatic heterocycles. The Bertz CT molecular complexity index is 1030. The van der Waals surface area contributed by atoms with Crippen molar-refractivity contribution in [3.8, 4) is 11.5 Å². The van der Waals surface area contributed by atoms with Gasteiger partial charge in [-0.25, -0.2) is 0 Å². The summed E-state index contributed by atoms with van der Waals surface area (Å²) in [6, 6.07) is 14.2. The van der Waals surface area contributed by atoms with Crippen LogP contribution >= 0.6 is 12.4 Å². The van der Waals surface area contributed by atoms with Crippen molar-refractivity contribution < 1.29 is 14.9 Å². The van der Waals surface area contributed by atoms with Gasteiger partial charge in [0.25, 0.3) is 0 Å². The molecule has 0 saturated carbocycles. The molecule has 1 heterocycles. The van der Waals surface area contributed by atoms with Crippen LogP contribution in [-0.4, -0.2) is 34.4 Å². The van der Waals surface area contributed by atoms with Gasteiger partial charge in [-0.1, -0.05) is 18.2 Å². The molecular formula is C23H29ClN2O4. The van der Waals surface area contributed by atoms with E-state index >= 15 is 0 Å². The minimum Gasteiger partial charge on any atom is -0.506 e. The van der Waals surface area contributed by atoms with Gasteiger partial charge in [0.05, 0.1) is 18.7 Å². The molecular weight excluding hydrogens is 404 g/mol. The van der Waals surface area contributed by atoms with Crippen LogP contribution in [0.3, 0.4) is 0 Å². The van der Waals surface area contributed by atoms with Crippen molar-refractivity contribution in [2.45, 2.75) is 38.3 Å². The molecule has 0 bridgehead atoms. The van der Waals surface area contributed by atoms with E-state index < -0.39 is 6.10 Å². The fraction of sp³-hybridized carbons (Fsp3) is 0.348. The maximum Gasteiger partial charge on any atom is 0.248 e. The maximum absolute atomic E-state index is 11.6. The Hall–Kier alpha value is -2.54. The summed E-state index contributed by atoms with van der Waals surface area (Å²) in [6.45, 7) is 4.57. The van der Waals surface area contributed by atoms with Gasteiger partial charge >= 0.3 is 0 Å². The lowest BCUT2D eigenvalue weighted by atomic mass is 9.94. The average Bonchev–Trinajstić information content (AvgIpc) is 2.72. The van der Waals surface area contributed by atoms with Gasteiger partial charge in [-0.05, 0) is 62.1 Å². The van der Waals surface area contributed by atoms with E-state index in [0.29, 0.717) is 23.0 Å². The number of hydrogen-bond acceptors (Lipinski definition) is 5. The van der Waals surface area contributed by atoms with E-state index in [1.54, 1.807) is 19.2 Å². The second kappa shape index (κ2) is 9.98. The summed E-state index contributed by atoms with van der Waals surface area (Å²) in [6.07, 6.45) is 1.03. The molecule has 0 spiro atoms. The molecule has 6 nitrogen and oxygen atoms in total. The quantitative estimate of drug-likeness (QED) is 0.435. The topological polar surface area (TPSA) is 94.6 Å². The number of phenolic OH excluding ortho intramolecular Hbond substituents is 1. The van der Waals surface area contributed by atoms with Crippen molar-refractivity contribution in [1.29, 1.82) is 0 Å². The molecule has 0 saturated heterocycles.